The van der Waals surface area contributed by atoms with E-state index in [1.807, 2.05) is 13.8 Å². The summed E-state index contributed by atoms with van der Waals surface area (Å²) in [6, 6.07) is 4.21. The second kappa shape index (κ2) is 5.37. The Morgan fingerprint density at radius 3 is 2.56 bits per heavy atom. The van der Waals surface area contributed by atoms with Gasteiger partial charge in [-0.15, -0.1) is 0 Å². The minimum Gasteiger partial charge on any atom is -0.320 e. The molecule has 0 aliphatic rings. The zero-order valence-electron chi connectivity index (χ0n) is 9.31. The van der Waals surface area contributed by atoms with Gasteiger partial charge in [-0.1, -0.05) is 19.9 Å². The first kappa shape index (κ1) is 12.3. The van der Waals surface area contributed by atoms with E-state index in [1.54, 1.807) is 12.1 Å². The van der Waals surface area contributed by atoms with Gasteiger partial charge in [0.25, 0.3) is 5.91 Å². The molecule has 0 bridgehead atoms. The van der Waals surface area contributed by atoms with Crippen LogP contribution in [0.4, 0.5) is 0 Å². The number of nitrogens with zero attached hydrogens (tertiary/aromatic N) is 1. The maximum Gasteiger partial charge on any atom is 0.276 e. The lowest BCUT2D eigenvalue weighted by molar-refractivity contribution is -0.122. The molecular weight excluding hydrogens is 206 g/mol. The van der Waals surface area contributed by atoms with Crippen molar-refractivity contribution >= 4 is 11.8 Å². The maximum atomic E-state index is 11.5. The summed E-state index contributed by atoms with van der Waals surface area (Å²) in [4.78, 5) is 26.8. The van der Waals surface area contributed by atoms with Crippen LogP contribution in [0, 0.1) is 5.92 Å². The predicted octanol–water partition coefficient (Wildman–Crippen LogP) is 0.321. The average Bonchev–Trinajstić information content (AvgIpc) is 2.28. The van der Waals surface area contributed by atoms with Gasteiger partial charge in [0.2, 0.25) is 5.91 Å². The van der Waals surface area contributed by atoms with Crippen LogP contribution in [0.2, 0.25) is 0 Å². The van der Waals surface area contributed by atoms with Crippen LogP contribution in [0.25, 0.3) is 0 Å². The summed E-state index contributed by atoms with van der Waals surface area (Å²) in [6.07, 6.45) is 1.49. The number of rotatable bonds is 3. The highest BCUT2D eigenvalue weighted by molar-refractivity contribution is 6.05. The topological polar surface area (TPSA) is 85.1 Å². The van der Waals surface area contributed by atoms with E-state index in [4.69, 9.17) is 5.73 Å². The Balaban J connectivity index is 2.62. The normalized spacial score (nSPS) is 12.2. The number of amides is 2. The molecule has 1 rings (SSSR count). The summed E-state index contributed by atoms with van der Waals surface area (Å²) < 4.78 is 0. The van der Waals surface area contributed by atoms with Gasteiger partial charge in [0.1, 0.15) is 5.69 Å². The molecule has 1 heterocycles. The fraction of sp³-hybridized carbons (Fsp3) is 0.364. The standard InChI is InChI=1S/C11H15N3O2/c1-7(2)9(12)11(16)14-10(15)8-5-3-4-6-13-8/h3-7,9H,12H2,1-2H3,(H,14,15,16)/t9-/m0/s1. The lowest BCUT2D eigenvalue weighted by Gasteiger charge is -2.14. The van der Waals surface area contributed by atoms with E-state index in [9.17, 15) is 9.59 Å². The van der Waals surface area contributed by atoms with Crippen LogP contribution >= 0.6 is 0 Å². The Morgan fingerprint density at radius 1 is 1.38 bits per heavy atom. The largest absolute Gasteiger partial charge is 0.320 e. The van der Waals surface area contributed by atoms with Crippen LogP contribution in [0.1, 0.15) is 24.3 Å². The first-order valence-corrected chi connectivity index (χ1v) is 5.04. The Labute approximate surface area is 94.1 Å². The Kier molecular flexibility index (Phi) is 4.13. The molecule has 5 heteroatoms. The van der Waals surface area contributed by atoms with Crippen molar-refractivity contribution in [2.45, 2.75) is 19.9 Å². The molecule has 0 spiro atoms. The van der Waals surface area contributed by atoms with Crippen molar-refractivity contribution in [1.82, 2.24) is 10.3 Å². The molecule has 16 heavy (non-hydrogen) atoms. The Morgan fingerprint density at radius 2 is 2.06 bits per heavy atom. The quantitative estimate of drug-likeness (QED) is 0.769. The van der Waals surface area contributed by atoms with Crippen molar-refractivity contribution in [2.24, 2.45) is 11.7 Å². The van der Waals surface area contributed by atoms with Crippen molar-refractivity contribution in [3.05, 3.63) is 30.1 Å². The van der Waals surface area contributed by atoms with E-state index in [0.717, 1.165) is 0 Å². The molecule has 2 amide bonds. The van der Waals surface area contributed by atoms with Crippen molar-refractivity contribution in [3.63, 3.8) is 0 Å². The van der Waals surface area contributed by atoms with Gasteiger partial charge in [-0.3, -0.25) is 19.9 Å². The van der Waals surface area contributed by atoms with Crippen LogP contribution in [0.15, 0.2) is 24.4 Å². The van der Waals surface area contributed by atoms with Crippen molar-refractivity contribution in [1.29, 1.82) is 0 Å². The molecule has 0 aliphatic carbocycles. The van der Waals surface area contributed by atoms with E-state index in [2.05, 4.69) is 10.3 Å². The van der Waals surface area contributed by atoms with E-state index in [0.29, 0.717) is 0 Å². The zero-order chi connectivity index (χ0) is 12.1. The van der Waals surface area contributed by atoms with Crippen molar-refractivity contribution in [2.75, 3.05) is 0 Å². The van der Waals surface area contributed by atoms with Crippen LogP contribution < -0.4 is 11.1 Å². The molecule has 1 atom stereocenters. The minimum absolute atomic E-state index is 0.0171. The smallest absolute Gasteiger partial charge is 0.276 e. The zero-order valence-corrected chi connectivity index (χ0v) is 9.31. The first-order chi connectivity index (χ1) is 7.52. The molecule has 86 valence electrons. The van der Waals surface area contributed by atoms with Crippen molar-refractivity contribution < 1.29 is 9.59 Å². The van der Waals surface area contributed by atoms with Crippen LogP contribution in [0.5, 0.6) is 0 Å². The number of nitrogens with two attached hydrogens (primary N) is 1. The second-order valence-electron chi connectivity index (χ2n) is 3.80. The van der Waals surface area contributed by atoms with Gasteiger partial charge in [-0.25, -0.2) is 0 Å². The second-order valence-corrected chi connectivity index (χ2v) is 3.80. The van der Waals surface area contributed by atoms with Crippen LogP contribution in [-0.4, -0.2) is 22.8 Å². The first-order valence-electron chi connectivity index (χ1n) is 5.04. The molecule has 1 aromatic heterocycles. The summed E-state index contributed by atoms with van der Waals surface area (Å²) in [6.45, 7) is 3.63. The lowest BCUT2D eigenvalue weighted by Crippen LogP contribution is -2.46. The molecule has 0 saturated heterocycles. The van der Waals surface area contributed by atoms with E-state index in [1.165, 1.54) is 12.3 Å². The summed E-state index contributed by atoms with van der Waals surface area (Å²) in [5, 5.41) is 2.21. The van der Waals surface area contributed by atoms with Gasteiger partial charge in [0, 0.05) is 6.20 Å². The van der Waals surface area contributed by atoms with Gasteiger partial charge < -0.3 is 5.73 Å². The highest BCUT2D eigenvalue weighted by Gasteiger charge is 2.20. The lowest BCUT2D eigenvalue weighted by atomic mass is 10.1. The summed E-state index contributed by atoms with van der Waals surface area (Å²) >= 11 is 0. The van der Waals surface area contributed by atoms with Gasteiger partial charge in [0.05, 0.1) is 6.04 Å². The van der Waals surface area contributed by atoms with Gasteiger partial charge in [0.15, 0.2) is 0 Å². The van der Waals surface area contributed by atoms with Crippen molar-refractivity contribution in [3.8, 4) is 0 Å². The molecule has 0 aliphatic heterocycles. The number of carbonyl (C=O) groups is 2. The van der Waals surface area contributed by atoms with E-state index < -0.39 is 17.9 Å². The number of aromatic nitrogens is 1. The third-order valence-corrected chi connectivity index (χ3v) is 2.16. The third-order valence-electron chi connectivity index (χ3n) is 2.16. The SMILES string of the molecule is CC(C)[C@H](N)C(=O)NC(=O)c1ccccn1. The maximum absolute atomic E-state index is 11.5. The number of hydrogen-bond donors (Lipinski definition) is 2. The number of carbonyl (C=O) groups excluding carboxylic acids is 2. The molecular formula is C11H15N3O2. The van der Waals surface area contributed by atoms with Gasteiger partial charge in [-0.2, -0.15) is 0 Å². The number of pyridine rings is 1. The van der Waals surface area contributed by atoms with E-state index >= 15 is 0 Å². The Hall–Kier alpha value is -1.75. The molecule has 5 nitrogen and oxygen atoms in total. The van der Waals surface area contributed by atoms with Crippen LogP contribution in [0.3, 0.4) is 0 Å². The highest BCUT2D eigenvalue weighted by Crippen LogP contribution is 1.99. The van der Waals surface area contributed by atoms with Crippen LogP contribution in [-0.2, 0) is 4.79 Å². The molecule has 0 aromatic carbocycles. The number of nitrogens with one attached hydrogen (secondary N) is 1. The fourth-order valence-corrected chi connectivity index (χ4v) is 1.06. The van der Waals surface area contributed by atoms with E-state index in [-0.39, 0.29) is 11.6 Å². The monoisotopic (exact) mass is 221 g/mol. The molecule has 0 fully saturated rings. The molecule has 0 unspecified atom stereocenters. The molecule has 1 aromatic rings. The number of hydrogen-bond acceptors (Lipinski definition) is 4. The summed E-state index contributed by atoms with van der Waals surface area (Å²) in [5.74, 6) is -1.02. The highest BCUT2D eigenvalue weighted by atomic mass is 16.2. The Bertz CT molecular complexity index is 376. The third kappa shape index (κ3) is 3.13. The van der Waals surface area contributed by atoms with Gasteiger partial charge in [-0.05, 0) is 18.1 Å². The summed E-state index contributed by atoms with van der Waals surface area (Å²) in [7, 11) is 0. The molecule has 3 N–H and O–H groups in total. The number of imide groups is 1. The molecule has 0 radical (unpaired) electrons. The summed E-state index contributed by atoms with van der Waals surface area (Å²) in [5.41, 5.74) is 5.80. The minimum atomic E-state index is -0.687. The predicted molar refractivity (Wildman–Crippen MR) is 59.5 cm³/mol. The molecule has 0 saturated carbocycles. The average molecular weight is 221 g/mol. The van der Waals surface area contributed by atoms with Gasteiger partial charge >= 0.3 is 0 Å². The fourth-order valence-electron chi connectivity index (χ4n) is 1.06.